The van der Waals surface area contributed by atoms with Gasteiger partial charge < -0.3 is 19.1 Å². The second-order valence-corrected chi connectivity index (χ2v) is 11.5. The molecule has 0 spiro atoms. The number of nitrogens with zero attached hydrogens (tertiary/aromatic N) is 1. The fourth-order valence-corrected chi connectivity index (χ4v) is 5.93. The van der Waals surface area contributed by atoms with E-state index in [2.05, 4.69) is 11.8 Å². The molecule has 0 saturated carbocycles. The molecular weight excluding hydrogens is 476 g/mol. The number of nitrogens with one attached hydrogen (secondary N) is 1. The van der Waals surface area contributed by atoms with Crippen molar-refractivity contribution in [2.75, 3.05) is 26.4 Å². The summed E-state index contributed by atoms with van der Waals surface area (Å²) in [6.07, 6.45) is 0.0484. The SMILES string of the molecule is CC#CCOc1ccc(S(=O)(=O)C2CC(C(=O)NO)CCN2C(=O)C2(C)COC(C)(C)OC2)cc1. The number of hydroxylamine groups is 1. The fourth-order valence-electron chi connectivity index (χ4n) is 4.08. The van der Waals surface area contributed by atoms with Crippen LogP contribution in [0.15, 0.2) is 29.2 Å². The Balaban J connectivity index is 1.90. The Kier molecular flexibility index (Phi) is 8.11. The Morgan fingerprint density at radius 1 is 1.20 bits per heavy atom. The summed E-state index contributed by atoms with van der Waals surface area (Å²) < 4.78 is 44.2. The van der Waals surface area contributed by atoms with Crippen molar-refractivity contribution >= 4 is 21.7 Å². The number of ether oxygens (including phenoxy) is 3. The van der Waals surface area contributed by atoms with Crippen LogP contribution in [0.2, 0.25) is 0 Å². The molecule has 0 bridgehead atoms. The maximum atomic E-state index is 13.7. The highest BCUT2D eigenvalue weighted by Crippen LogP contribution is 2.37. The van der Waals surface area contributed by atoms with Gasteiger partial charge in [0.2, 0.25) is 11.8 Å². The van der Waals surface area contributed by atoms with Crippen molar-refractivity contribution in [2.45, 2.75) is 56.6 Å². The van der Waals surface area contributed by atoms with Gasteiger partial charge in [0.05, 0.1) is 23.5 Å². The zero-order valence-electron chi connectivity index (χ0n) is 20.4. The zero-order valence-corrected chi connectivity index (χ0v) is 21.2. The van der Waals surface area contributed by atoms with Crippen molar-refractivity contribution in [1.82, 2.24) is 10.4 Å². The Hall–Kier alpha value is -2.65. The molecule has 11 heteroatoms. The van der Waals surface area contributed by atoms with E-state index in [0.29, 0.717) is 5.75 Å². The minimum absolute atomic E-state index is 0.0123. The van der Waals surface area contributed by atoms with E-state index in [1.807, 2.05) is 0 Å². The van der Waals surface area contributed by atoms with E-state index in [4.69, 9.17) is 19.4 Å². The number of piperidine rings is 1. The van der Waals surface area contributed by atoms with Crippen molar-refractivity contribution in [3.05, 3.63) is 24.3 Å². The summed E-state index contributed by atoms with van der Waals surface area (Å²) >= 11 is 0. The lowest BCUT2D eigenvalue weighted by Gasteiger charge is -2.46. The molecule has 3 rings (SSSR count). The van der Waals surface area contributed by atoms with Gasteiger partial charge >= 0.3 is 0 Å². The van der Waals surface area contributed by atoms with Gasteiger partial charge in [-0.25, -0.2) is 13.9 Å². The first-order valence-corrected chi connectivity index (χ1v) is 12.9. The lowest BCUT2D eigenvalue weighted by atomic mass is 9.87. The Morgan fingerprint density at radius 3 is 2.40 bits per heavy atom. The number of amides is 2. The van der Waals surface area contributed by atoms with E-state index in [0.717, 1.165) is 0 Å². The molecule has 192 valence electrons. The number of benzene rings is 1. The smallest absolute Gasteiger partial charge is 0.246 e. The quantitative estimate of drug-likeness (QED) is 0.337. The van der Waals surface area contributed by atoms with E-state index >= 15 is 0 Å². The maximum Gasteiger partial charge on any atom is 0.246 e. The Bertz CT molecular complexity index is 1090. The van der Waals surface area contributed by atoms with Gasteiger partial charge in [-0.1, -0.05) is 5.92 Å². The van der Waals surface area contributed by atoms with E-state index in [9.17, 15) is 18.0 Å². The normalized spacial score (nSPS) is 23.5. The summed E-state index contributed by atoms with van der Waals surface area (Å²) in [5, 5.41) is 7.79. The molecule has 2 fully saturated rings. The third-order valence-electron chi connectivity index (χ3n) is 6.29. The molecule has 1 aromatic carbocycles. The van der Waals surface area contributed by atoms with Crippen LogP contribution >= 0.6 is 0 Å². The zero-order chi connectivity index (χ0) is 25.9. The minimum atomic E-state index is -4.08. The number of rotatable bonds is 6. The number of likely N-dealkylation sites (tertiary alicyclic amines) is 1. The average Bonchev–Trinajstić information content (AvgIpc) is 2.85. The van der Waals surface area contributed by atoms with Gasteiger partial charge in [-0.3, -0.25) is 14.8 Å². The van der Waals surface area contributed by atoms with E-state index in [-0.39, 0.29) is 44.1 Å². The predicted octanol–water partition coefficient (Wildman–Crippen LogP) is 1.72. The Morgan fingerprint density at radius 2 is 1.83 bits per heavy atom. The molecule has 10 nitrogen and oxygen atoms in total. The first-order chi connectivity index (χ1) is 16.4. The third kappa shape index (κ3) is 5.95. The van der Waals surface area contributed by atoms with E-state index in [1.165, 1.54) is 29.2 Å². The number of hydrogen-bond acceptors (Lipinski definition) is 8. The first-order valence-electron chi connectivity index (χ1n) is 11.3. The number of carbonyl (C=O) groups is 2. The van der Waals surface area contributed by atoms with Crippen LogP contribution in [0, 0.1) is 23.2 Å². The second kappa shape index (κ2) is 10.5. The molecule has 1 aromatic rings. The van der Waals surface area contributed by atoms with Gasteiger partial charge in [0.15, 0.2) is 15.6 Å². The molecule has 2 saturated heterocycles. The van der Waals surface area contributed by atoms with Gasteiger partial charge in [0, 0.05) is 12.5 Å². The summed E-state index contributed by atoms with van der Waals surface area (Å²) in [5.74, 6) is 3.19. The molecule has 2 N–H and O–H groups in total. The van der Waals surface area contributed by atoms with Crippen LogP contribution in [0.25, 0.3) is 0 Å². The summed E-state index contributed by atoms with van der Waals surface area (Å²) in [6.45, 7) is 7.17. The van der Waals surface area contributed by atoms with Gasteiger partial charge in [0.1, 0.15) is 17.7 Å². The van der Waals surface area contributed by atoms with Gasteiger partial charge in [0.25, 0.3) is 0 Å². The van der Waals surface area contributed by atoms with Gasteiger partial charge in [-0.2, -0.15) is 0 Å². The lowest BCUT2D eigenvalue weighted by Crippen LogP contribution is -2.59. The van der Waals surface area contributed by atoms with Gasteiger partial charge in [-0.15, -0.1) is 5.92 Å². The molecule has 2 unspecified atom stereocenters. The molecular formula is C24H32N2O8S. The topological polar surface area (TPSA) is 131 Å². The van der Waals surface area contributed by atoms with Crippen molar-refractivity contribution in [1.29, 1.82) is 0 Å². The molecule has 35 heavy (non-hydrogen) atoms. The molecule has 0 aromatic heterocycles. The molecule has 2 heterocycles. The first kappa shape index (κ1) is 26.9. The van der Waals surface area contributed by atoms with Crippen LogP contribution < -0.4 is 10.2 Å². The summed E-state index contributed by atoms with van der Waals surface area (Å²) in [7, 11) is -4.08. The molecule has 0 aliphatic carbocycles. The average molecular weight is 509 g/mol. The van der Waals surface area contributed by atoms with Crippen LogP contribution in [0.1, 0.15) is 40.5 Å². The van der Waals surface area contributed by atoms with Crippen LogP contribution in [-0.2, 0) is 28.9 Å². The Labute approximate surface area is 205 Å². The van der Waals surface area contributed by atoms with Crippen LogP contribution in [0.5, 0.6) is 5.75 Å². The monoisotopic (exact) mass is 508 g/mol. The minimum Gasteiger partial charge on any atom is -0.481 e. The largest absolute Gasteiger partial charge is 0.481 e. The molecule has 2 aliphatic rings. The van der Waals surface area contributed by atoms with Crippen molar-refractivity contribution in [3.63, 3.8) is 0 Å². The lowest BCUT2D eigenvalue weighted by molar-refractivity contribution is -0.279. The van der Waals surface area contributed by atoms with Gasteiger partial charge in [-0.05, 0) is 64.8 Å². The number of carbonyl (C=O) groups excluding carboxylic acids is 2. The van der Waals surface area contributed by atoms with Crippen molar-refractivity contribution in [3.8, 4) is 17.6 Å². The second-order valence-electron chi connectivity index (χ2n) is 9.42. The third-order valence-corrected chi connectivity index (χ3v) is 8.38. The van der Waals surface area contributed by atoms with Crippen LogP contribution in [0.4, 0.5) is 0 Å². The maximum absolute atomic E-state index is 13.7. The summed E-state index contributed by atoms with van der Waals surface area (Å²) in [5.41, 5.74) is 0.507. The predicted molar refractivity (Wildman–Crippen MR) is 125 cm³/mol. The molecule has 2 aliphatic heterocycles. The van der Waals surface area contributed by atoms with E-state index in [1.54, 1.807) is 33.2 Å². The number of hydrogen-bond donors (Lipinski definition) is 2. The molecule has 2 amide bonds. The van der Waals surface area contributed by atoms with Crippen LogP contribution in [0.3, 0.4) is 0 Å². The highest BCUT2D eigenvalue weighted by molar-refractivity contribution is 7.92. The van der Waals surface area contributed by atoms with E-state index < -0.39 is 44.1 Å². The standard InChI is InChI=1S/C24H32N2O8S/c1-5-6-13-32-18-7-9-19(10-8-18)35(30,31)20-14-17(21(27)25-29)11-12-26(20)22(28)24(4)15-33-23(2,3)34-16-24/h7-10,17,20,29H,11-16H2,1-4H3,(H,25,27). The highest BCUT2D eigenvalue weighted by atomic mass is 32.2. The molecule has 0 radical (unpaired) electrons. The summed E-state index contributed by atoms with van der Waals surface area (Å²) in [6, 6.07) is 5.84. The number of sulfone groups is 1. The summed E-state index contributed by atoms with van der Waals surface area (Å²) in [4.78, 5) is 27.1. The van der Waals surface area contributed by atoms with Crippen molar-refractivity contribution < 1.29 is 37.4 Å². The van der Waals surface area contributed by atoms with Crippen LogP contribution in [-0.4, -0.2) is 67.9 Å². The molecule has 2 atom stereocenters. The fraction of sp³-hybridized carbons (Fsp3) is 0.583. The highest BCUT2D eigenvalue weighted by Gasteiger charge is 2.50. The van der Waals surface area contributed by atoms with Crippen molar-refractivity contribution in [2.24, 2.45) is 11.3 Å².